The molecule has 79 heavy (non-hydrogen) atoms. The van der Waals surface area contributed by atoms with Gasteiger partial charge < -0.3 is 42.6 Å². The average Bonchev–Trinajstić information content (AvgIpc) is 3.61. The van der Waals surface area contributed by atoms with E-state index in [-0.39, 0.29) is 39.3 Å². The Morgan fingerprint density at radius 3 is 1.27 bits per heavy atom. The number of aromatic nitrogens is 2. The number of rotatable bonds is 34. The largest absolute Gasteiger partial charge is 0.494 e. The van der Waals surface area contributed by atoms with Gasteiger partial charge in [-0.2, -0.15) is 0 Å². The molecule has 1 heterocycles. The van der Waals surface area contributed by atoms with E-state index in [1.165, 1.54) is 0 Å². The van der Waals surface area contributed by atoms with Gasteiger partial charge in [-0.3, -0.25) is 9.59 Å². The third kappa shape index (κ3) is 18.5. The fourth-order valence-corrected chi connectivity index (χ4v) is 8.44. The van der Waals surface area contributed by atoms with Crippen molar-refractivity contribution < 1.29 is 66.6 Å². The number of ether oxygens (including phenoxy) is 9. The zero-order chi connectivity index (χ0) is 55.6. The first kappa shape index (κ1) is 58.1. The van der Waals surface area contributed by atoms with Gasteiger partial charge in [0.25, 0.3) is 0 Å². The molecule has 16 heteroatoms. The van der Waals surface area contributed by atoms with Crippen LogP contribution in [0.15, 0.2) is 141 Å². The van der Waals surface area contributed by atoms with Crippen molar-refractivity contribution in [3.8, 4) is 28.7 Å². The van der Waals surface area contributed by atoms with Crippen LogP contribution in [-0.4, -0.2) is 92.7 Å². The lowest BCUT2D eigenvalue weighted by Gasteiger charge is -2.14. The molecule has 7 rings (SSSR count). The maximum absolute atomic E-state index is 13.3. The number of carbonyl (C=O) groups is 5. The van der Waals surface area contributed by atoms with E-state index in [0.717, 1.165) is 103 Å². The van der Waals surface area contributed by atoms with Crippen molar-refractivity contribution in [3.63, 3.8) is 0 Å². The second kappa shape index (κ2) is 30.9. The number of benzene rings is 6. The minimum atomic E-state index is -0.517. The molecule has 0 radical (unpaired) electrons. The molecular formula is C63H66N2O14. The fourth-order valence-electron chi connectivity index (χ4n) is 8.44. The molecule has 0 aliphatic carbocycles. The Balaban J connectivity index is 0.993. The molecule has 0 N–H and O–H groups in total. The first-order valence-electron chi connectivity index (χ1n) is 26.6. The fraction of sp³-hybridized carbons (Fsp3) is 0.317. The van der Waals surface area contributed by atoms with Crippen molar-refractivity contribution in [2.75, 3.05) is 52.9 Å². The zero-order valence-corrected chi connectivity index (χ0v) is 44.4. The van der Waals surface area contributed by atoms with Crippen LogP contribution >= 0.6 is 0 Å². The Morgan fingerprint density at radius 2 is 0.785 bits per heavy atom. The summed E-state index contributed by atoms with van der Waals surface area (Å²) in [7, 11) is 0. The monoisotopic (exact) mass is 1070 g/mol. The molecule has 0 spiro atoms. The highest BCUT2D eigenvalue weighted by Crippen LogP contribution is 2.38. The van der Waals surface area contributed by atoms with E-state index in [4.69, 9.17) is 52.6 Å². The second-order valence-electron chi connectivity index (χ2n) is 18.3. The van der Waals surface area contributed by atoms with Crippen LogP contribution in [0, 0.1) is 0 Å². The molecule has 0 saturated carbocycles. The summed E-state index contributed by atoms with van der Waals surface area (Å²) in [6.45, 7) is 12.9. The summed E-state index contributed by atoms with van der Waals surface area (Å²) in [6, 6.07) is 31.6. The third-order valence-electron chi connectivity index (χ3n) is 12.5. The standard InChI is InChI=1S/C63H66N2O14/c1-4-57(66)75-35-13-9-7-11-33-72-46-21-15-44(16-22-46)19-31-60(69)78-49-25-28-51-52-29-26-50(79-61(70)32-20-45-17-23-47(24-18-45)73-34-12-8-10-14-36-76-58(67)5-2)42-54(52)63-62(53(51)41-49)64-55-30-27-48(43-56(55)65-63)74-39-37-71-38-40-77-59(68)6-3/h4-6,15-18,21-30,41-43H,1-3,7-14,19-20,31-40H2. The minimum absolute atomic E-state index is 0.0993. The third-order valence-corrected chi connectivity index (χ3v) is 12.5. The molecule has 412 valence electrons. The van der Waals surface area contributed by atoms with Gasteiger partial charge in [0, 0.05) is 47.9 Å². The summed E-state index contributed by atoms with van der Waals surface area (Å²) in [5.74, 6) is 0.616. The molecule has 0 aliphatic rings. The van der Waals surface area contributed by atoms with Crippen LogP contribution in [0.2, 0.25) is 0 Å². The van der Waals surface area contributed by atoms with Gasteiger partial charge in [0.05, 0.1) is 61.7 Å². The van der Waals surface area contributed by atoms with Crippen LogP contribution in [0.1, 0.15) is 75.3 Å². The number of nitrogens with zero attached hydrogens (tertiary/aromatic N) is 2. The van der Waals surface area contributed by atoms with Gasteiger partial charge in [0.2, 0.25) is 0 Å². The Morgan fingerprint density at radius 1 is 0.380 bits per heavy atom. The molecule has 7 aromatic rings. The van der Waals surface area contributed by atoms with E-state index in [1.807, 2.05) is 66.7 Å². The molecule has 1 aromatic heterocycles. The van der Waals surface area contributed by atoms with Crippen LogP contribution < -0.4 is 23.7 Å². The highest BCUT2D eigenvalue weighted by molar-refractivity contribution is 6.24. The highest BCUT2D eigenvalue weighted by Gasteiger charge is 2.17. The highest BCUT2D eigenvalue weighted by atomic mass is 16.6. The smallest absolute Gasteiger partial charge is 0.330 e. The maximum atomic E-state index is 13.3. The number of unbranched alkanes of at least 4 members (excludes halogenated alkanes) is 6. The lowest BCUT2D eigenvalue weighted by molar-refractivity contribution is -0.139. The molecule has 0 unspecified atom stereocenters. The molecule has 16 nitrogen and oxygen atoms in total. The van der Waals surface area contributed by atoms with Crippen molar-refractivity contribution in [2.45, 2.75) is 77.0 Å². The number of fused-ring (bicyclic) bond motifs is 7. The predicted octanol–water partition coefficient (Wildman–Crippen LogP) is 11.6. The summed E-state index contributed by atoms with van der Waals surface area (Å²) in [4.78, 5) is 70.5. The first-order chi connectivity index (χ1) is 38.6. The topological polar surface area (TPSA) is 194 Å². The quantitative estimate of drug-likeness (QED) is 0.00702. The maximum Gasteiger partial charge on any atom is 0.330 e. The predicted molar refractivity (Wildman–Crippen MR) is 301 cm³/mol. The summed E-state index contributed by atoms with van der Waals surface area (Å²) in [6.07, 6.45) is 11.8. The van der Waals surface area contributed by atoms with Crippen molar-refractivity contribution in [1.29, 1.82) is 0 Å². The van der Waals surface area contributed by atoms with E-state index in [2.05, 4.69) is 19.7 Å². The lowest BCUT2D eigenvalue weighted by atomic mass is 9.98. The number of hydrogen-bond acceptors (Lipinski definition) is 16. The van der Waals surface area contributed by atoms with Gasteiger partial charge in [-0.1, -0.05) is 44.0 Å². The van der Waals surface area contributed by atoms with Gasteiger partial charge in [0.15, 0.2) is 0 Å². The van der Waals surface area contributed by atoms with E-state index < -0.39 is 29.8 Å². The summed E-state index contributed by atoms with van der Waals surface area (Å²) >= 11 is 0. The van der Waals surface area contributed by atoms with Crippen LogP contribution in [0.5, 0.6) is 28.7 Å². The van der Waals surface area contributed by atoms with Gasteiger partial charge in [-0.15, -0.1) is 0 Å². The Kier molecular flexibility index (Phi) is 22.7. The molecule has 0 saturated heterocycles. The Bertz CT molecular complexity index is 3230. The van der Waals surface area contributed by atoms with Crippen molar-refractivity contribution in [1.82, 2.24) is 9.97 Å². The van der Waals surface area contributed by atoms with Crippen molar-refractivity contribution in [2.24, 2.45) is 0 Å². The molecule has 0 amide bonds. The zero-order valence-electron chi connectivity index (χ0n) is 44.4. The van der Waals surface area contributed by atoms with Gasteiger partial charge in [-0.25, -0.2) is 24.4 Å². The first-order valence-corrected chi connectivity index (χ1v) is 26.6. The molecule has 0 aliphatic heterocycles. The minimum Gasteiger partial charge on any atom is -0.494 e. The molecule has 0 fully saturated rings. The summed E-state index contributed by atoms with van der Waals surface area (Å²) in [5, 5.41) is 3.07. The number of hydrogen-bond donors (Lipinski definition) is 0. The van der Waals surface area contributed by atoms with Crippen molar-refractivity contribution in [3.05, 3.63) is 152 Å². The normalized spacial score (nSPS) is 11.0. The number of aryl methyl sites for hydroxylation is 2. The summed E-state index contributed by atoms with van der Waals surface area (Å²) in [5.41, 5.74) is 4.17. The van der Waals surface area contributed by atoms with E-state index in [0.29, 0.717) is 89.4 Å². The lowest BCUT2D eigenvalue weighted by Crippen LogP contribution is -2.12. The van der Waals surface area contributed by atoms with E-state index in [9.17, 15) is 24.0 Å². The number of carbonyl (C=O) groups excluding carboxylic acids is 5. The van der Waals surface area contributed by atoms with Gasteiger partial charge in [0.1, 0.15) is 42.0 Å². The molecule has 0 bridgehead atoms. The van der Waals surface area contributed by atoms with Crippen LogP contribution in [0.25, 0.3) is 43.6 Å². The van der Waals surface area contributed by atoms with Crippen molar-refractivity contribution >= 4 is 73.5 Å². The Labute approximate surface area is 459 Å². The van der Waals surface area contributed by atoms with Crippen LogP contribution in [-0.2, 0) is 55.8 Å². The molecule has 0 atom stereocenters. The molecular weight excluding hydrogens is 1010 g/mol. The van der Waals surface area contributed by atoms with E-state index in [1.54, 1.807) is 36.4 Å². The summed E-state index contributed by atoms with van der Waals surface area (Å²) < 4.78 is 50.2. The molecule has 6 aromatic carbocycles. The SMILES string of the molecule is C=CC(=O)OCCCCCCOc1ccc(CCC(=O)Oc2ccc3c4ccc(OC(=O)CCc5ccc(OCCCCCCOC(=O)C=C)cc5)cc4c4nc5cc(OCCOCCOC(=O)C=C)ccc5nc4c3c2)cc1. The van der Waals surface area contributed by atoms with Crippen LogP contribution in [0.3, 0.4) is 0 Å². The van der Waals surface area contributed by atoms with Crippen LogP contribution in [0.4, 0.5) is 0 Å². The van der Waals surface area contributed by atoms with Gasteiger partial charge in [-0.05, 0) is 159 Å². The Hall–Kier alpha value is -8.63. The second-order valence-corrected chi connectivity index (χ2v) is 18.3. The van der Waals surface area contributed by atoms with Gasteiger partial charge >= 0.3 is 29.8 Å². The average molecular weight is 1080 g/mol. The number of esters is 5. The van der Waals surface area contributed by atoms with E-state index >= 15 is 0 Å².